The number of nitrogens with zero attached hydrogens (tertiary/aromatic N) is 1. The van der Waals surface area contributed by atoms with Crippen LogP contribution >= 0.6 is 0 Å². The largest absolute Gasteiger partial charge is 0.418 e. The van der Waals surface area contributed by atoms with Crippen molar-refractivity contribution in [1.29, 1.82) is 0 Å². The fourth-order valence-electron chi connectivity index (χ4n) is 1.88. The van der Waals surface area contributed by atoms with Gasteiger partial charge in [0.1, 0.15) is 9.84 Å². The van der Waals surface area contributed by atoms with Crippen LogP contribution in [0.4, 0.5) is 18.9 Å². The van der Waals surface area contributed by atoms with Crippen molar-refractivity contribution in [2.75, 3.05) is 37.5 Å². The molecule has 0 aliphatic rings. The maximum Gasteiger partial charge on any atom is 0.418 e. The highest BCUT2D eigenvalue weighted by molar-refractivity contribution is 7.90. The Labute approximate surface area is 122 Å². The molecular weight excluding hydrogens is 305 g/mol. The summed E-state index contributed by atoms with van der Waals surface area (Å²) in [6.45, 7) is 0.337. The molecule has 0 radical (unpaired) electrons. The van der Waals surface area contributed by atoms with Crippen molar-refractivity contribution in [3.63, 3.8) is 0 Å². The van der Waals surface area contributed by atoms with Gasteiger partial charge in [-0.1, -0.05) is 6.07 Å². The number of nitrogens with one attached hydrogen (secondary N) is 1. The highest BCUT2D eigenvalue weighted by Crippen LogP contribution is 2.36. The van der Waals surface area contributed by atoms with E-state index in [0.29, 0.717) is 12.1 Å². The van der Waals surface area contributed by atoms with Crippen LogP contribution in [0.1, 0.15) is 11.1 Å². The molecule has 0 fully saturated rings. The average Bonchev–Trinajstić information content (AvgIpc) is 2.34. The lowest BCUT2D eigenvalue weighted by Gasteiger charge is -2.24. The number of benzene rings is 1. The lowest BCUT2D eigenvalue weighted by Crippen LogP contribution is -2.27. The summed E-state index contributed by atoms with van der Waals surface area (Å²) in [5, 5.41) is 2.80. The van der Waals surface area contributed by atoms with Gasteiger partial charge in [-0.25, -0.2) is 8.42 Å². The zero-order chi connectivity index (χ0) is 16.3. The van der Waals surface area contributed by atoms with E-state index in [1.807, 2.05) is 0 Å². The minimum atomic E-state index is -4.49. The summed E-state index contributed by atoms with van der Waals surface area (Å²) < 4.78 is 61.7. The quantitative estimate of drug-likeness (QED) is 0.868. The minimum absolute atomic E-state index is 0.00723. The summed E-state index contributed by atoms with van der Waals surface area (Å²) in [5.41, 5.74) is -0.262. The molecule has 0 aromatic heterocycles. The van der Waals surface area contributed by atoms with E-state index in [9.17, 15) is 21.6 Å². The van der Waals surface area contributed by atoms with Crippen LogP contribution < -0.4 is 10.2 Å². The molecule has 1 aromatic carbocycles. The Morgan fingerprint density at radius 2 is 1.90 bits per heavy atom. The summed E-state index contributed by atoms with van der Waals surface area (Å²) in [5.74, 6) is -0.195. The monoisotopic (exact) mass is 324 g/mol. The van der Waals surface area contributed by atoms with E-state index in [1.165, 1.54) is 18.0 Å². The molecule has 0 heterocycles. The Hall–Kier alpha value is -1.28. The molecule has 4 nitrogen and oxygen atoms in total. The van der Waals surface area contributed by atoms with E-state index in [1.54, 1.807) is 13.1 Å². The lowest BCUT2D eigenvalue weighted by molar-refractivity contribution is -0.137. The van der Waals surface area contributed by atoms with Gasteiger partial charge in [0.15, 0.2) is 0 Å². The highest BCUT2D eigenvalue weighted by Gasteiger charge is 2.34. The molecule has 120 valence electrons. The second-order valence-electron chi connectivity index (χ2n) is 4.93. The van der Waals surface area contributed by atoms with Crippen LogP contribution in [0, 0.1) is 0 Å². The molecule has 0 unspecified atom stereocenters. The van der Waals surface area contributed by atoms with E-state index < -0.39 is 21.6 Å². The van der Waals surface area contributed by atoms with Gasteiger partial charge in [-0.15, -0.1) is 0 Å². The van der Waals surface area contributed by atoms with Gasteiger partial charge in [0.05, 0.1) is 11.3 Å². The van der Waals surface area contributed by atoms with Crippen LogP contribution in [-0.2, 0) is 22.6 Å². The molecule has 0 atom stereocenters. The van der Waals surface area contributed by atoms with Gasteiger partial charge in [-0.05, 0) is 24.7 Å². The maximum absolute atomic E-state index is 13.1. The van der Waals surface area contributed by atoms with Crippen LogP contribution in [0.5, 0.6) is 0 Å². The van der Waals surface area contributed by atoms with Gasteiger partial charge in [0.2, 0.25) is 0 Å². The SMILES string of the molecule is CNCc1ccc(N(C)CCS(C)(=O)=O)c(C(F)(F)F)c1. The zero-order valence-electron chi connectivity index (χ0n) is 12.2. The van der Waals surface area contributed by atoms with Crippen LogP contribution in [0.2, 0.25) is 0 Å². The Kier molecular flexibility index (Phi) is 5.63. The molecule has 1 N–H and O–H groups in total. The topological polar surface area (TPSA) is 49.4 Å². The van der Waals surface area contributed by atoms with Gasteiger partial charge < -0.3 is 10.2 Å². The molecule has 0 bridgehead atoms. The van der Waals surface area contributed by atoms with Gasteiger partial charge >= 0.3 is 6.18 Å². The smallest absolute Gasteiger partial charge is 0.373 e. The number of anilines is 1. The van der Waals surface area contributed by atoms with Gasteiger partial charge in [-0.3, -0.25) is 0 Å². The van der Waals surface area contributed by atoms with Gasteiger partial charge in [-0.2, -0.15) is 13.2 Å². The molecule has 21 heavy (non-hydrogen) atoms. The van der Waals surface area contributed by atoms with Crippen LogP contribution in [0.3, 0.4) is 0 Å². The van der Waals surface area contributed by atoms with Crippen LogP contribution in [-0.4, -0.2) is 41.1 Å². The Morgan fingerprint density at radius 3 is 2.38 bits per heavy atom. The molecule has 0 spiro atoms. The van der Waals surface area contributed by atoms with E-state index in [-0.39, 0.29) is 18.0 Å². The molecule has 1 rings (SSSR count). The fraction of sp³-hybridized carbons (Fsp3) is 0.538. The number of hydrogen-bond acceptors (Lipinski definition) is 4. The Bertz CT molecular complexity index is 586. The average molecular weight is 324 g/mol. The predicted octanol–water partition coefficient (Wildman–Crippen LogP) is 1.91. The van der Waals surface area contributed by atoms with Crippen LogP contribution in [0.15, 0.2) is 18.2 Å². The summed E-state index contributed by atoms with van der Waals surface area (Å²) >= 11 is 0. The maximum atomic E-state index is 13.1. The van der Waals surface area contributed by atoms with Crippen molar-refractivity contribution < 1.29 is 21.6 Å². The lowest BCUT2D eigenvalue weighted by atomic mass is 10.1. The first-order valence-corrected chi connectivity index (χ1v) is 8.34. The first-order valence-electron chi connectivity index (χ1n) is 6.28. The number of sulfone groups is 1. The van der Waals surface area contributed by atoms with Crippen LogP contribution in [0.25, 0.3) is 0 Å². The normalized spacial score (nSPS) is 12.5. The predicted molar refractivity (Wildman–Crippen MR) is 77.2 cm³/mol. The molecule has 0 aliphatic heterocycles. The van der Waals surface area contributed by atoms with E-state index in [2.05, 4.69) is 5.32 Å². The number of alkyl halides is 3. The zero-order valence-corrected chi connectivity index (χ0v) is 13.0. The van der Waals surface area contributed by atoms with Crippen molar-refractivity contribution in [3.05, 3.63) is 29.3 Å². The third-order valence-corrected chi connectivity index (χ3v) is 3.88. The van der Waals surface area contributed by atoms with Crippen molar-refractivity contribution in [2.45, 2.75) is 12.7 Å². The second kappa shape index (κ2) is 6.65. The number of rotatable bonds is 6. The van der Waals surface area contributed by atoms with Crippen molar-refractivity contribution in [3.8, 4) is 0 Å². The number of hydrogen-bond donors (Lipinski definition) is 1. The first-order chi connectivity index (χ1) is 9.54. The van der Waals surface area contributed by atoms with Crippen molar-refractivity contribution in [1.82, 2.24) is 5.32 Å². The van der Waals surface area contributed by atoms with Crippen molar-refractivity contribution in [2.24, 2.45) is 0 Å². The molecule has 0 saturated carbocycles. The number of halogens is 3. The third kappa shape index (κ3) is 5.55. The molecule has 0 saturated heterocycles. The highest BCUT2D eigenvalue weighted by atomic mass is 32.2. The van der Waals surface area contributed by atoms with E-state index in [0.717, 1.165) is 12.3 Å². The molecular formula is C13H19F3N2O2S. The van der Waals surface area contributed by atoms with Crippen molar-refractivity contribution >= 4 is 15.5 Å². The van der Waals surface area contributed by atoms with Gasteiger partial charge in [0.25, 0.3) is 0 Å². The summed E-state index contributed by atoms with van der Waals surface area (Å²) in [6, 6.07) is 4.05. The minimum Gasteiger partial charge on any atom is -0.373 e. The third-order valence-electron chi connectivity index (χ3n) is 2.96. The second-order valence-corrected chi connectivity index (χ2v) is 7.19. The molecule has 0 amide bonds. The fourth-order valence-corrected chi connectivity index (χ4v) is 2.49. The van der Waals surface area contributed by atoms with Gasteiger partial charge in [0, 0.05) is 32.1 Å². The summed E-state index contributed by atoms with van der Waals surface area (Å²) in [6.07, 6.45) is -3.43. The Morgan fingerprint density at radius 1 is 1.29 bits per heavy atom. The molecule has 8 heteroatoms. The van der Waals surface area contributed by atoms with E-state index >= 15 is 0 Å². The standard InChI is InChI=1S/C13H19F3N2O2S/c1-17-9-10-4-5-12(11(8-10)13(14,15)16)18(2)6-7-21(3,19)20/h4-5,8,17H,6-7,9H2,1-3H3. The molecule has 0 aliphatic carbocycles. The molecule has 1 aromatic rings. The first kappa shape index (κ1) is 17.8. The summed E-state index contributed by atoms with van der Waals surface area (Å²) in [7, 11) is -0.121. The Balaban J connectivity index is 3.10. The summed E-state index contributed by atoms with van der Waals surface area (Å²) in [4.78, 5) is 1.31. The van der Waals surface area contributed by atoms with E-state index in [4.69, 9.17) is 0 Å².